The van der Waals surface area contributed by atoms with E-state index in [0.717, 1.165) is 43.4 Å². The number of hydrogen-bond acceptors (Lipinski definition) is 3. The van der Waals surface area contributed by atoms with Crippen LogP contribution < -0.4 is 20.1 Å². The van der Waals surface area contributed by atoms with Crippen LogP contribution in [-0.4, -0.2) is 39.3 Å². The SMILES string of the molecule is C/C=C/CCNC(=NC)NCCc1ccc(OCC)c(OCC)c1. The van der Waals surface area contributed by atoms with Crippen molar-refractivity contribution in [2.24, 2.45) is 4.99 Å². The van der Waals surface area contributed by atoms with Gasteiger partial charge < -0.3 is 20.1 Å². The second-order valence-electron chi connectivity index (χ2n) is 5.18. The fraction of sp³-hybridized carbons (Fsp3) is 0.526. The summed E-state index contributed by atoms with van der Waals surface area (Å²) >= 11 is 0. The number of benzene rings is 1. The maximum atomic E-state index is 5.67. The Kier molecular flexibility index (Phi) is 10.2. The van der Waals surface area contributed by atoms with Crippen molar-refractivity contribution in [2.75, 3.05) is 33.4 Å². The molecule has 1 rings (SSSR count). The van der Waals surface area contributed by atoms with E-state index >= 15 is 0 Å². The van der Waals surface area contributed by atoms with E-state index in [1.54, 1.807) is 7.05 Å². The molecule has 0 spiro atoms. The Labute approximate surface area is 146 Å². The smallest absolute Gasteiger partial charge is 0.190 e. The summed E-state index contributed by atoms with van der Waals surface area (Å²) in [6, 6.07) is 6.11. The minimum atomic E-state index is 0.630. The standard InChI is InChI=1S/C19H31N3O2/c1-5-8-9-13-21-19(20-4)22-14-12-16-10-11-17(23-6-2)18(15-16)24-7-3/h5,8,10-11,15H,6-7,9,12-14H2,1-4H3,(H2,20,21,22)/b8-5+. The van der Waals surface area contributed by atoms with E-state index in [4.69, 9.17) is 9.47 Å². The van der Waals surface area contributed by atoms with Crippen LogP contribution in [0.2, 0.25) is 0 Å². The van der Waals surface area contributed by atoms with Crippen molar-refractivity contribution in [1.29, 1.82) is 0 Å². The number of nitrogens with zero attached hydrogens (tertiary/aromatic N) is 1. The molecule has 2 N–H and O–H groups in total. The van der Waals surface area contributed by atoms with E-state index in [0.29, 0.717) is 13.2 Å². The molecule has 0 saturated heterocycles. The highest BCUT2D eigenvalue weighted by atomic mass is 16.5. The van der Waals surface area contributed by atoms with Crippen molar-refractivity contribution >= 4 is 5.96 Å². The zero-order chi connectivity index (χ0) is 17.6. The number of guanidine groups is 1. The minimum Gasteiger partial charge on any atom is -0.490 e. The second-order valence-corrected chi connectivity index (χ2v) is 5.18. The van der Waals surface area contributed by atoms with Crippen LogP contribution in [-0.2, 0) is 6.42 Å². The van der Waals surface area contributed by atoms with Crippen molar-refractivity contribution in [3.8, 4) is 11.5 Å². The Morgan fingerprint density at radius 2 is 1.79 bits per heavy atom. The van der Waals surface area contributed by atoms with Crippen LogP contribution >= 0.6 is 0 Å². The first-order chi connectivity index (χ1) is 11.7. The van der Waals surface area contributed by atoms with E-state index in [9.17, 15) is 0 Å². The molecule has 5 nitrogen and oxygen atoms in total. The van der Waals surface area contributed by atoms with Gasteiger partial charge in [-0.15, -0.1) is 0 Å². The minimum absolute atomic E-state index is 0.630. The van der Waals surface area contributed by atoms with E-state index in [1.807, 2.05) is 26.8 Å². The maximum absolute atomic E-state index is 5.67. The molecule has 24 heavy (non-hydrogen) atoms. The summed E-state index contributed by atoms with van der Waals surface area (Å²) < 4.78 is 11.3. The zero-order valence-electron chi connectivity index (χ0n) is 15.4. The van der Waals surface area contributed by atoms with Crippen molar-refractivity contribution in [3.63, 3.8) is 0 Å². The molecule has 0 aliphatic carbocycles. The van der Waals surface area contributed by atoms with E-state index in [-0.39, 0.29) is 0 Å². The number of ether oxygens (including phenoxy) is 2. The summed E-state index contributed by atoms with van der Waals surface area (Å²) in [5, 5.41) is 6.62. The van der Waals surface area contributed by atoms with Crippen LogP contribution in [0, 0.1) is 0 Å². The van der Waals surface area contributed by atoms with E-state index < -0.39 is 0 Å². The van der Waals surface area contributed by atoms with Crippen molar-refractivity contribution in [1.82, 2.24) is 10.6 Å². The zero-order valence-corrected chi connectivity index (χ0v) is 15.4. The first-order valence-corrected chi connectivity index (χ1v) is 8.69. The molecule has 0 radical (unpaired) electrons. The van der Waals surface area contributed by atoms with Crippen molar-refractivity contribution in [2.45, 2.75) is 33.6 Å². The number of rotatable bonds is 10. The van der Waals surface area contributed by atoms with Crippen molar-refractivity contribution < 1.29 is 9.47 Å². The fourth-order valence-electron chi connectivity index (χ4n) is 2.24. The Balaban J connectivity index is 2.49. The van der Waals surface area contributed by atoms with Gasteiger partial charge in [0.25, 0.3) is 0 Å². The van der Waals surface area contributed by atoms with Crippen LogP contribution in [0.3, 0.4) is 0 Å². The first-order valence-electron chi connectivity index (χ1n) is 8.69. The normalized spacial score (nSPS) is 11.6. The quantitative estimate of drug-likeness (QED) is 0.299. The molecule has 0 saturated carbocycles. The molecule has 0 amide bonds. The molecule has 0 atom stereocenters. The number of aliphatic imine (C=N–C) groups is 1. The summed E-state index contributed by atoms with van der Waals surface area (Å²) in [6.07, 6.45) is 6.07. The lowest BCUT2D eigenvalue weighted by Gasteiger charge is -2.14. The molecule has 0 bridgehead atoms. The van der Waals surface area contributed by atoms with Gasteiger partial charge in [0.2, 0.25) is 0 Å². The average molecular weight is 333 g/mol. The average Bonchev–Trinajstić information content (AvgIpc) is 2.59. The Hall–Kier alpha value is -2.17. The Morgan fingerprint density at radius 1 is 1.08 bits per heavy atom. The van der Waals surface area contributed by atoms with Gasteiger partial charge in [-0.3, -0.25) is 4.99 Å². The summed E-state index contributed by atoms with van der Waals surface area (Å²) in [5.74, 6) is 2.44. The number of hydrogen-bond donors (Lipinski definition) is 2. The third-order valence-electron chi connectivity index (χ3n) is 3.38. The van der Waals surface area contributed by atoms with Gasteiger partial charge in [-0.25, -0.2) is 0 Å². The summed E-state index contributed by atoms with van der Waals surface area (Å²) in [4.78, 5) is 4.23. The van der Waals surface area contributed by atoms with Crippen LogP contribution in [0.1, 0.15) is 32.8 Å². The van der Waals surface area contributed by atoms with Gasteiger partial charge in [0.15, 0.2) is 17.5 Å². The Bertz CT molecular complexity index is 527. The Morgan fingerprint density at radius 3 is 2.46 bits per heavy atom. The fourth-order valence-corrected chi connectivity index (χ4v) is 2.24. The molecule has 1 aromatic rings. The molecule has 0 fully saturated rings. The maximum Gasteiger partial charge on any atom is 0.190 e. The highest BCUT2D eigenvalue weighted by Gasteiger charge is 2.06. The molecule has 0 heterocycles. The monoisotopic (exact) mass is 333 g/mol. The molecule has 0 aliphatic rings. The summed E-state index contributed by atoms with van der Waals surface area (Å²) in [7, 11) is 1.79. The highest BCUT2D eigenvalue weighted by molar-refractivity contribution is 5.79. The third kappa shape index (κ3) is 7.40. The molecule has 5 heteroatoms. The van der Waals surface area contributed by atoms with Gasteiger partial charge in [0.1, 0.15) is 0 Å². The lowest BCUT2D eigenvalue weighted by molar-refractivity contribution is 0.287. The van der Waals surface area contributed by atoms with E-state index in [1.165, 1.54) is 5.56 Å². The molecule has 134 valence electrons. The molecule has 1 aromatic carbocycles. The highest BCUT2D eigenvalue weighted by Crippen LogP contribution is 2.28. The molecule has 0 aliphatic heterocycles. The van der Waals surface area contributed by atoms with Gasteiger partial charge in [0, 0.05) is 20.1 Å². The van der Waals surface area contributed by atoms with Crippen molar-refractivity contribution in [3.05, 3.63) is 35.9 Å². The molecule has 0 aromatic heterocycles. The van der Waals surface area contributed by atoms with Gasteiger partial charge >= 0.3 is 0 Å². The van der Waals surface area contributed by atoms with E-state index in [2.05, 4.69) is 39.9 Å². The first kappa shape index (κ1) is 19.9. The second kappa shape index (κ2) is 12.3. The largest absolute Gasteiger partial charge is 0.490 e. The van der Waals surface area contributed by atoms with Gasteiger partial charge in [-0.05, 0) is 51.3 Å². The van der Waals surface area contributed by atoms with Gasteiger partial charge in [-0.2, -0.15) is 0 Å². The lowest BCUT2D eigenvalue weighted by Crippen LogP contribution is -2.38. The number of nitrogens with one attached hydrogen (secondary N) is 2. The predicted octanol–water partition coefficient (Wildman–Crippen LogP) is 3.16. The van der Waals surface area contributed by atoms with Crippen LogP contribution in [0.4, 0.5) is 0 Å². The van der Waals surface area contributed by atoms with Gasteiger partial charge in [0.05, 0.1) is 13.2 Å². The summed E-state index contributed by atoms with van der Waals surface area (Å²) in [6.45, 7) is 8.93. The number of allylic oxidation sites excluding steroid dienone is 1. The molecular weight excluding hydrogens is 302 g/mol. The van der Waals surface area contributed by atoms with Crippen LogP contribution in [0.25, 0.3) is 0 Å². The van der Waals surface area contributed by atoms with Crippen LogP contribution in [0.15, 0.2) is 35.3 Å². The topological polar surface area (TPSA) is 54.9 Å². The third-order valence-corrected chi connectivity index (χ3v) is 3.38. The lowest BCUT2D eigenvalue weighted by atomic mass is 10.1. The van der Waals surface area contributed by atoms with Gasteiger partial charge in [-0.1, -0.05) is 18.2 Å². The molecule has 0 unspecified atom stereocenters. The van der Waals surface area contributed by atoms with Crippen LogP contribution in [0.5, 0.6) is 11.5 Å². The summed E-state index contributed by atoms with van der Waals surface area (Å²) in [5.41, 5.74) is 1.21. The molecular formula is C19H31N3O2. The predicted molar refractivity (Wildman–Crippen MR) is 101 cm³/mol.